The van der Waals surface area contributed by atoms with E-state index in [4.69, 9.17) is 55.8 Å². The fourth-order valence-corrected chi connectivity index (χ4v) is 17.0. The number of para-hydroxylation sites is 2. The van der Waals surface area contributed by atoms with Crippen LogP contribution in [-0.4, -0.2) is 38.4 Å². The van der Waals surface area contributed by atoms with Crippen LogP contribution in [0.5, 0.6) is 46.0 Å². The molecule has 0 saturated carbocycles. The quantitative estimate of drug-likeness (QED) is 0.0456. The molecule has 4 fully saturated rings. The Hall–Kier alpha value is -8.84. The first-order valence-corrected chi connectivity index (χ1v) is 37.5. The molecule has 16 heteroatoms. The van der Waals surface area contributed by atoms with E-state index in [9.17, 15) is 0 Å². The van der Waals surface area contributed by atoms with E-state index in [-0.39, 0.29) is 52.8 Å². The first-order chi connectivity index (χ1) is 48.9. The lowest BCUT2D eigenvalue weighted by Gasteiger charge is -2.34. The number of benzene rings is 10. The van der Waals surface area contributed by atoms with Gasteiger partial charge in [-0.1, -0.05) is 131 Å². The summed E-state index contributed by atoms with van der Waals surface area (Å²) in [7, 11) is -5.04. The molecule has 5 unspecified atom stereocenters. The molecular weight excluding hydrogens is 1290 g/mol. The van der Waals surface area contributed by atoms with Crippen molar-refractivity contribution >= 4 is 50.5 Å². The molecule has 0 spiro atoms. The summed E-state index contributed by atoms with van der Waals surface area (Å²) in [4.78, 5) is 31.8. The summed E-state index contributed by atoms with van der Waals surface area (Å²) in [5.74, 6) is 0.299. The third kappa shape index (κ3) is 14.4. The minimum Gasteiger partial charge on any atom is -0.472 e. The second-order valence-electron chi connectivity index (χ2n) is 26.8. The van der Waals surface area contributed by atoms with Crippen LogP contribution in [0, 0.1) is 34.6 Å². The van der Waals surface area contributed by atoms with Gasteiger partial charge in [0.25, 0.3) is 0 Å². The SMILES string of the molecule is Cc1ccc(OP(Oc2ccc(C)cc2C2CCCCO2)Oc2c(C(=O)Oc3ccccc3C)cc3ccccc3c2-c2c3c(cc4ccccc24)C(=O)Oc2ccccc2C(P(Oc2ccc(C)cc2C2CCCCO2)Oc2ccc(C)cc2C2CCCCO2)O3)c(C2CCCCO2)c1. The van der Waals surface area contributed by atoms with Gasteiger partial charge in [0.15, 0.2) is 5.75 Å². The van der Waals surface area contributed by atoms with Gasteiger partial charge in [0, 0.05) is 65.4 Å². The summed E-state index contributed by atoms with van der Waals surface area (Å²) < 4.78 is 85.2. The van der Waals surface area contributed by atoms with E-state index >= 15 is 9.59 Å². The molecule has 5 atom stereocenters. The molecule has 5 aliphatic rings. The average molecular weight is 1380 g/mol. The molecule has 0 aliphatic carbocycles. The predicted octanol–water partition coefficient (Wildman–Crippen LogP) is 22.2. The lowest BCUT2D eigenvalue weighted by molar-refractivity contribution is 0.0135. The molecule has 0 aromatic heterocycles. The fraction of sp³-hybridized carbons (Fsp3) is 0.310. The molecule has 15 rings (SSSR count). The number of rotatable bonds is 18. The molecule has 10 aromatic carbocycles. The Balaban J connectivity index is 0.982. The van der Waals surface area contributed by atoms with Crippen molar-refractivity contribution in [1.82, 2.24) is 0 Å². The Labute approximate surface area is 587 Å². The summed E-state index contributed by atoms with van der Waals surface area (Å²) in [5.41, 5.74) is 9.76. The van der Waals surface area contributed by atoms with E-state index in [1.165, 1.54) is 0 Å². The number of aryl methyl sites for hydroxylation is 5. The smallest absolute Gasteiger partial charge is 0.472 e. The predicted molar refractivity (Wildman–Crippen MR) is 390 cm³/mol. The van der Waals surface area contributed by atoms with E-state index in [2.05, 4.69) is 52.0 Å². The molecule has 4 saturated heterocycles. The standard InChI is InChI=1S/C84H82O14P2/c1-52-34-38-74(62(46-52)69-29-14-18-42-87-69)94-99(95-75-39-35-53(2)47-63(75)70-30-15-19-43-88-70)84-61-27-11-13-33-73(61)92-82(85)66-50-57-23-7-9-25-59(57)78(80(66)93-84)79-60-26-10-8-24-58(60)51-67(83(86)91-68-28-12-6-22-56(68)5)81(79)98-100(96-76-40-36-54(3)48-64(76)71-31-16-20-44-89-71)97-77-41-37-55(4)49-65(77)72-32-17-21-45-90-72/h6-13,22-28,33-41,46-51,69-72,84H,14-21,29-32,42-45H2,1-5H3. The van der Waals surface area contributed by atoms with Crippen molar-refractivity contribution in [3.63, 3.8) is 0 Å². The van der Waals surface area contributed by atoms with Gasteiger partial charge in [0.2, 0.25) is 5.85 Å². The summed E-state index contributed by atoms with van der Waals surface area (Å²) in [6.45, 7) is 12.6. The molecule has 0 radical (unpaired) electrons. The number of hydrogen-bond donors (Lipinski definition) is 0. The Kier molecular flexibility index (Phi) is 20.2. The summed E-state index contributed by atoms with van der Waals surface area (Å²) in [6, 6.07) is 58.4. The minimum absolute atomic E-state index is 0.0337. The number of ether oxygens (including phenoxy) is 7. The number of carbonyl (C=O) groups is 2. The second kappa shape index (κ2) is 30.2. The zero-order valence-corrected chi connectivity index (χ0v) is 58.9. The number of carbonyl (C=O) groups excluding carboxylic acids is 2. The van der Waals surface area contributed by atoms with E-state index in [0.29, 0.717) is 93.4 Å². The first-order valence-electron chi connectivity index (χ1n) is 35.2. The highest BCUT2D eigenvalue weighted by molar-refractivity contribution is 7.48. The van der Waals surface area contributed by atoms with E-state index in [0.717, 1.165) is 127 Å². The Morgan fingerprint density at radius 1 is 0.420 bits per heavy atom. The number of hydrogen-bond acceptors (Lipinski definition) is 14. The van der Waals surface area contributed by atoms with E-state index in [1.807, 2.05) is 140 Å². The third-order valence-electron chi connectivity index (χ3n) is 19.5. The Morgan fingerprint density at radius 2 is 0.860 bits per heavy atom. The van der Waals surface area contributed by atoms with Gasteiger partial charge >= 0.3 is 28.9 Å². The summed E-state index contributed by atoms with van der Waals surface area (Å²) in [5, 5.41) is 2.60. The van der Waals surface area contributed by atoms with Crippen molar-refractivity contribution in [3.05, 3.63) is 249 Å². The van der Waals surface area contributed by atoms with Crippen molar-refractivity contribution in [2.24, 2.45) is 0 Å². The molecular formula is C84H82O14P2. The van der Waals surface area contributed by atoms with Crippen LogP contribution < -0.4 is 36.8 Å². The lowest BCUT2D eigenvalue weighted by atomic mass is 9.88. The van der Waals surface area contributed by atoms with Gasteiger partial charge < -0.3 is 55.8 Å². The molecule has 14 nitrogen and oxygen atoms in total. The molecule has 100 heavy (non-hydrogen) atoms. The summed E-state index contributed by atoms with van der Waals surface area (Å²) in [6.07, 6.45) is 9.88. The van der Waals surface area contributed by atoms with Gasteiger partial charge in [-0.15, -0.1) is 0 Å². The number of fused-ring (bicyclic) bond motifs is 4. The van der Waals surface area contributed by atoms with Crippen molar-refractivity contribution in [1.29, 1.82) is 0 Å². The highest BCUT2D eigenvalue weighted by Crippen LogP contribution is 2.62. The van der Waals surface area contributed by atoms with Crippen LogP contribution in [0.15, 0.2) is 182 Å². The van der Waals surface area contributed by atoms with Crippen LogP contribution in [0.1, 0.15) is 184 Å². The minimum atomic E-state index is -2.67. The van der Waals surface area contributed by atoms with Crippen molar-refractivity contribution in [2.75, 3.05) is 26.4 Å². The van der Waals surface area contributed by atoms with Gasteiger partial charge in [-0.2, -0.15) is 0 Å². The molecule has 5 heterocycles. The van der Waals surface area contributed by atoms with Crippen molar-refractivity contribution in [3.8, 4) is 57.1 Å². The van der Waals surface area contributed by atoms with Crippen LogP contribution in [0.4, 0.5) is 0 Å². The van der Waals surface area contributed by atoms with Gasteiger partial charge in [0.05, 0.1) is 24.4 Å². The van der Waals surface area contributed by atoms with Gasteiger partial charge in [0.1, 0.15) is 51.4 Å². The molecule has 512 valence electrons. The lowest BCUT2D eigenvalue weighted by Crippen LogP contribution is -2.22. The molecule has 5 aliphatic heterocycles. The van der Waals surface area contributed by atoms with E-state index in [1.54, 1.807) is 24.3 Å². The Morgan fingerprint density at radius 3 is 1.35 bits per heavy atom. The molecule has 0 N–H and O–H groups in total. The van der Waals surface area contributed by atoms with Crippen molar-refractivity contribution in [2.45, 2.75) is 142 Å². The van der Waals surface area contributed by atoms with Crippen LogP contribution in [0.3, 0.4) is 0 Å². The van der Waals surface area contributed by atoms with Crippen molar-refractivity contribution < 1.29 is 65.4 Å². The number of esters is 2. The van der Waals surface area contributed by atoms with E-state index < -0.39 is 34.8 Å². The molecule has 0 amide bonds. The van der Waals surface area contributed by atoms with Crippen LogP contribution in [-0.2, 0) is 18.9 Å². The maximum Gasteiger partial charge on any atom is 0.530 e. The third-order valence-corrected chi connectivity index (χ3v) is 22.0. The first kappa shape index (κ1) is 67.0. The molecule has 0 bridgehead atoms. The monoisotopic (exact) mass is 1380 g/mol. The van der Waals surface area contributed by atoms with Gasteiger partial charge in [-0.25, -0.2) is 9.59 Å². The topological polar surface area (TPSA) is 145 Å². The normalized spacial score (nSPS) is 19.9. The Bertz CT molecular complexity index is 4520. The zero-order valence-electron chi connectivity index (χ0n) is 57.1. The maximum absolute atomic E-state index is 16.0. The maximum atomic E-state index is 16.0. The summed E-state index contributed by atoms with van der Waals surface area (Å²) >= 11 is 0. The fourth-order valence-electron chi connectivity index (χ4n) is 14.3. The highest BCUT2D eigenvalue weighted by Gasteiger charge is 2.43. The van der Waals surface area contributed by atoms with Gasteiger partial charge in [-0.3, -0.25) is 0 Å². The van der Waals surface area contributed by atoms with Gasteiger partial charge in [-0.05, 0) is 212 Å². The molecule has 10 aromatic rings. The zero-order chi connectivity index (χ0) is 68.2. The second-order valence-corrected chi connectivity index (χ2v) is 29.2. The van der Waals surface area contributed by atoms with Crippen LogP contribution in [0.2, 0.25) is 0 Å². The largest absolute Gasteiger partial charge is 0.530 e. The average Bonchev–Trinajstić information content (AvgIpc) is 0.724. The van der Waals surface area contributed by atoms with Crippen LogP contribution >= 0.6 is 17.0 Å². The van der Waals surface area contributed by atoms with Crippen LogP contribution in [0.25, 0.3) is 32.7 Å². The highest BCUT2D eigenvalue weighted by atomic mass is 31.2.